The Hall–Kier alpha value is -1.02. The quantitative estimate of drug-likeness (QED) is 0.883. The van der Waals surface area contributed by atoms with Crippen molar-refractivity contribution in [3.8, 4) is 11.1 Å². The van der Waals surface area contributed by atoms with E-state index in [-0.39, 0.29) is 6.61 Å². The third kappa shape index (κ3) is 2.81. The van der Waals surface area contributed by atoms with Gasteiger partial charge < -0.3 is 5.11 Å². The van der Waals surface area contributed by atoms with Crippen LogP contribution in [0, 0.1) is 0 Å². The summed E-state index contributed by atoms with van der Waals surface area (Å²) in [6.45, 7) is 0.127. The van der Waals surface area contributed by atoms with Gasteiger partial charge in [0.1, 0.15) is 0 Å². The molecule has 0 unspecified atom stereocenters. The number of aliphatic hydroxyl groups is 1. The molecule has 0 aliphatic heterocycles. The fraction of sp³-hybridized carbons (Fsp3) is 0.143. The van der Waals surface area contributed by atoms with Gasteiger partial charge in [-0.3, -0.25) is 0 Å². The zero-order valence-corrected chi connectivity index (χ0v) is 10.7. The summed E-state index contributed by atoms with van der Waals surface area (Å²) < 4.78 is 0. The Morgan fingerprint density at radius 2 is 1.71 bits per heavy atom. The highest BCUT2D eigenvalue weighted by Gasteiger charge is 2.08. The maximum Gasteiger partial charge on any atom is 0.0499 e. The topological polar surface area (TPSA) is 20.2 Å². The summed E-state index contributed by atoms with van der Waals surface area (Å²) in [7, 11) is 0. The van der Waals surface area contributed by atoms with Crippen LogP contribution in [0.25, 0.3) is 11.1 Å². The van der Waals surface area contributed by atoms with Crippen molar-refractivity contribution in [2.75, 3.05) is 6.61 Å². The zero-order valence-electron chi connectivity index (χ0n) is 9.16. The highest BCUT2D eigenvalue weighted by molar-refractivity contribution is 6.36. The molecule has 0 heterocycles. The zero-order chi connectivity index (χ0) is 12.3. The van der Waals surface area contributed by atoms with Crippen LogP contribution in [0.1, 0.15) is 5.56 Å². The first-order valence-electron chi connectivity index (χ1n) is 5.36. The Morgan fingerprint density at radius 1 is 0.941 bits per heavy atom. The van der Waals surface area contributed by atoms with Gasteiger partial charge in [0.25, 0.3) is 0 Å². The van der Waals surface area contributed by atoms with E-state index in [0.717, 1.165) is 16.7 Å². The van der Waals surface area contributed by atoms with Crippen molar-refractivity contribution in [3.63, 3.8) is 0 Å². The highest BCUT2D eigenvalue weighted by Crippen LogP contribution is 2.32. The van der Waals surface area contributed by atoms with Crippen molar-refractivity contribution in [1.29, 1.82) is 0 Å². The van der Waals surface area contributed by atoms with Gasteiger partial charge in [0.15, 0.2) is 0 Å². The molecule has 0 radical (unpaired) electrons. The van der Waals surface area contributed by atoms with Gasteiger partial charge in [0.2, 0.25) is 0 Å². The standard InChI is InChI=1S/C14H12Cl2O/c15-11-5-6-13(14(16)9-11)12-4-2-1-3-10(12)7-8-17/h1-6,9,17H,7-8H2. The van der Waals surface area contributed by atoms with E-state index < -0.39 is 0 Å². The molecule has 17 heavy (non-hydrogen) atoms. The van der Waals surface area contributed by atoms with Crippen molar-refractivity contribution >= 4 is 23.2 Å². The van der Waals surface area contributed by atoms with E-state index in [4.69, 9.17) is 28.3 Å². The average Bonchev–Trinajstić information content (AvgIpc) is 2.31. The van der Waals surface area contributed by atoms with Crippen LogP contribution in [0.5, 0.6) is 0 Å². The van der Waals surface area contributed by atoms with Crippen molar-refractivity contribution in [3.05, 3.63) is 58.1 Å². The summed E-state index contributed by atoms with van der Waals surface area (Å²) in [6.07, 6.45) is 0.620. The van der Waals surface area contributed by atoms with Crippen molar-refractivity contribution in [2.45, 2.75) is 6.42 Å². The van der Waals surface area contributed by atoms with E-state index >= 15 is 0 Å². The minimum atomic E-state index is 0.127. The van der Waals surface area contributed by atoms with Gasteiger partial charge >= 0.3 is 0 Å². The second-order valence-corrected chi connectivity index (χ2v) is 4.60. The molecule has 0 bridgehead atoms. The van der Waals surface area contributed by atoms with Crippen LogP contribution in [-0.2, 0) is 6.42 Å². The molecular formula is C14H12Cl2O. The second kappa shape index (κ2) is 5.54. The summed E-state index contributed by atoms with van der Waals surface area (Å²) in [5, 5.41) is 10.3. The van der Waals surface area contributed by atoms with Gasteiger partial charge in [0.05, 0.1) is 0 Å². The summed E-state index contributed by atoms with van der Waals surface area (Å²) in [4.78, 5) is 0. The molecule has 2 aromatic carbocycles. The van der Waals surface area contributed by atoms with Crippen LogP contribution >= 0.6 is 23.2 Å². The first-order chi connectivity index (χ1) is 8.22. The molecule has 0 spiro atoms. The van der Waals surface area contributed by atoms with Crippen LogP contribution in [0.3, 0.4) is 0 Å². The molecule has 0 saturated carbocycles. The molecule has 0 aromatic heterocycles. The Kier molecular flexibility index (Phi) is 4.06. The molecule has 0 fully saturated rings. The van der Waals surface area contributed by atoms with Gasteiger partial charge in [-0.05, 0) is 29.7 Å². The van der Waals surface area contributed by atoms with E-state index in [2.05, 4.69) is 0 Å². The monoisotopic (exact) mass is 266 g/mol. The Labute approximate surface area is 111 Å². The Bertz CT molecular complexity index is 523. The first-order valence-corrected chi connectivity index (χ1v) is 6.12. The SMILES string of the molecule is OCCc1ccccc1-c1ccc(Cl)cc1Cl. The molecule has 0 aliphatic carbocycles. The first kappa shape index (κ1) is 12.4. The number of aliphatic hydroxyl groups excluding tert-OH is 1. The third-order valence-corrected chi connectivity index (χ3v) is 3.17. The van der Waals surface area contributed by atoms with Crippen LogP contribution in [0.4, 0.5) is 0 Å². The fourth-order valence-electron chi connectivity index (χ4n) is 1.83. The largest absolute Gasteiger partial charge is 0.396 e. The predicted octanol–water partition coefficient (Wildman–Crippen LogP) is 4.20. The van der Waals surface area contributed by atoms with E-state index in [1.807, 2.05) is 36.4 Å². The summed E-state index contributed by atoms with van der Waals surface area (Å²) in [6, 6.07) is 13.4. The lowest BCUT2D eigenvalue weighted by Gasteiger charge is -2.10. The maximum absolute atomic E-state index is 9.05. The van der Waals surface area contributed by atoms with E-state index in [9.17, 15) is 0 Å². The second-order valence-electron chi connectivity index (χ2n) is 3.75. The summed E-state index contributed by atoms with van der Waals surface area (Å²) in [5.74, 6) is 0. The van der Waals surface area contributed by atoms with Crippen LogP contribution in [-0.4, -0.2) is 11.7 Å². The smallest absolute Gasteiger partial charge is 0.0499 e. The van der Waals surface area contributed by atoms with Crippen LogP contribution in [0.15, 0.2) is 42.5 Å². The molecule has 0 saturated heterocycles. The normalized spacial score (nSPS) is 10.5. The van der Waals surface area contributed by atoms with E-state index in [0.29, 0.717) is 16.5 Å². The predicted molar refractivity (Wildman–Crippen MR) is 72.7 cm³/mol. The van der Waals surface area contributed by atoms with Crippen molar-refractivity contribution in [1.82, 2.24) is 0 Å². The Morgan fingerprint density at radius 3 is 2.41 bits per heavy atom. The maximum atomic E-state index is 9.05. The molecular weight excluding hydrogens is 255 g/mol. The molecule has 3 heteroatoms. The van der Waals surface area contributed by atoms with Crippen LogP contribution in [0.2, 0.25) is 10.0 Å². The molecule has 1 N–H and O–H groups in total. The number of hydrogen-bond donors (Lipinski definition) is 1. The van der Waals surface area contributed by atoms with Gasteiger partial charge in [0, 0.05) is 22.2 Å². The van der Waals surface area contributed by atoms with E-state index in [1.54, 1.807) is 6.07 Å². The van der Waals surface area contributed by atoms with Crippen molar-refractivity contribution in [2.24, 2.45) is 0 Å². The molecule has 0 aliphatic rings. The number of hydrogen-bond acceptors (Lipinski definition) is 1. The van der Waals surface area contributed by atoms with Gasteiger partial charge in [-0.1, -0.05) is 53.5 Å². The summed E-state index contributed by atoms with van der Waals surface area (Å²) in [5.41, 5.74) is 3.07. The molecule has 88 valence electrons. The van der Waals surface area contributed by atoms with E-state index in [1.165, 1.54) is 0 Å². The molecule has 2 aromatic rings. The molecule has 2 rings (SSSR count). The molecule has 0 atom stereocenters. The lowest BCUT2D eigenvalue weighted by atomic mass is 9.98. The van der Waals surface area contributed by atoms with Gasteiger partial charge in [-0.15, -0.1) is 0 Å². The summed E-state index contributed by atoms with van der Waals surface area (Å²) >= 11 is 12.1. The minimum Gasteiger partial charge on any atom is -0.396 e. The highest BCUT2D eigenvalue weighted by atomic mass is 35.5. The Balaban J connectivity index is 2.52. The number of rotatable bonds is 3. The molecule has 1 nitrogen and oxygen atoms in total. The third-order valence-electron chi connectivity index (χ3n) is 2.62. The minimum absolute atomic E-state index is 0.127. The van der Waals surface area contributed by atoms with Gasteiger partial charge in [-0.2, -0.15) is 0 Å². The van der Waals surface area contributed by atoms with Gasteiger partial charge in [-0.25, -0.2) is 0 Å². The lowest BCUT2D eigenvalue weighted by molar-refractivity contribution is 0.300. The number of benzene rings is 2. The van der Waals surface area contributed by atoms with Crippen molar-refractivity contribution < 1.29 is 5.11 Å². The van der Waals surface area contributed by atoms with Crippen LogP contribution < -0.4 is 0 Å². The average molecular weight is 267 g/mol. The fourth-order valence-corrected chi connectivity index (χ4v) is 2.34. The lowest BCUT2D eigenvalue weighted by Crippen LogP contribution is -1.94. The number of halogens is 2. The molecule has 0 amide bonds.